The molecule has 1 unspecified atom stereocenters. The quantitative estimate of drug-likeness (QED) is 0.795. The van der Waals surface area contributed by atoms with E-state index in [1.54, 1.807) is 0 Å². The summed E-state index contributed by atoms with van der Waals surface area (Å²) < 4.78 is 5.60. The molecule has 0 aromatic rings. The molecule has 0 aromatic heterocycles. The Kier molecular flexibility index (Phi) is 4.22. The summed E-state index contributed by atoms with van der Waals surface area (Å²) in [6.07, 6.45) is 8.02. The predicted octanol–water partition coefficient (Wildman–Crippen LogP) is 1.79. The van der Waals surface area contributed by atoms with Crippen LogP contribution in [0, 0.1) is 0 Å². The smallest absolute Gasteiger partial charge is 0.0672 e. The van der Waals surface area contributed by atoms with Crippen molar-refractivity contribution in [2.24, 2.45) is 0 Å². The third-order valence-corrected chi connectivity index (χ3v) is 4.11. The zero-order valence-corrected chi connectivity index (χ0v) is 10.5. The van der Waals surface area contributed by atoms with Crippen LogP contribution < -0.4 is 0 Å². The van der Waals surface area contributed by atoms with Crippen molar-refractivity contribution in [3.8, 4) is 0 Å². The van der Waals surface area contributed by atoms with E-state index < -0.39 is 0 Å². The topological polar surface area (TPSA) is 32.7 Å². The Morgan fingerprint density at radius 3 is 2.75 bits per heavy atom. The molecule has 0 spiro atoms. The van der Waals surface area contributed by atoms with Gasteiger partial charge in [-0.3, -0.25) is 0 Å². The first kappa shape index (κ1) is 12.3. The fourth-order valence-electron chi connectivity index (χ4n) is 2.82. The minimum absolute atomic E-state index is 0.384. The Hall–Kier alpha value is -0.120. The average Bonchev–Trinajstić information content (AvgIpc) is 2.76. The fourth-order valence-corrected chi connectivity index (χ4v) is 2.82. The van der Waals surface area contributed by atoms with Gasteiger partial charge in [-0.15, -0.1) is 0 Å². The molecule has 1 N–H and O–H groups in total. The fraction of sp³-hybridized carbons (Fsp3) is 1.00. The molecule has 94 valence electrons. The molecule has 1 atom stereocenters. The van der Waals surface area contributed by atoms with Crippen molar-refractivity contribution in [1.82, 2.24) is 4.90 Å². The lowest BCUT2D eigenvalue weighted by Gasteiger charge is -2.36. The van der Waals surface area contributed by atoms with Crippen molar-refractivity contribution in [3.05, 3.63) is 0 Å². The van der Waals surface area contributed by atoms with Gasteiger partial charge in [0.1, 0.15) is 0 Å². The molecule has 3 heteroatoms. The summed E-state index contributed by atoms with van der Waals surface area (Å²) in [5.74, 6) is 0. The number of piperidine rings is 1. The van der Waals surface area contributed by atoms with Crippen LogP contribution in [0.15, 0.2) is 0 Å². The van der Waals surface area contributed by atoms with Gasteiger partial charge in [0.2, 0.25) is 0 Å². The SMILES string of the molecule is CN1CCC(O)(CCCC2CCCO2)CC1. The molecule has 2 heterocycles. The zero-order chi connectivity index (χ0) is 11.4. The summed E-state index contributed by atoms with van der Waals surface area (Å²) in [6.45, 7) is 3.02. The van der Waals surface area contributed by atoms with Crippen LogP contribution in [0.5, 0.6) is 0 Å². The molecule has 0 saturated carbocycles. The number of ether oxygens (including phenoxy) is 1. The minimum atomic E-state index is -0.384. The first-order chi connectivity index (χ1) is 7.68. The summed E-state index contributed by atoms with van der Waals surface area (Å²) in [7, 11) is 2.13. The standard InChI is InChI=1S/C13H25NO2/c1-14-9-7-13(15,8-10-14)6-2-4-12-5-3-11-16-12/h12,15H,2-11H2,1H3. The van der Waals surface area contributed by atoms with Crippen LogP contribution in [0.25, 0.3) is 0 Å². The van der Waals surface area contributed by atoms with Gasteiger partial charge >= 0.3 is 0 Å². The lowest BCUT2D eigenvalue weighted by atomic mass is 9.86. The predicted molar refractivity (Wildman–Crippen MR) is 64.5 cm³/mol. The van der Waals surface area contributed by atoms with Gasteiger partial charge in [0.25, 0.3) is 0 Å². The lowest BCUT2D eigenvalue weighted by molar-refractivity contribution is -0.0265. The van der Waals surface area contributed by atoms with E-state index in [1.165, 1.54) is 12.8 Å². The molecule has 0 aromatic carbocycles. The van der Waals surface area contributed by atoms with E-state index in [0.717, 1.165) is 51.8 Å². The Balaban J connectivity index is 1.64. The van der Waals surface area contributed by atoms with Crippen LogP contribution in [-0.4, -0.2) is 48.5 Å². The van der Waals surface area contributed by atoms with Gasteiger partial charge in [-0.1, -0.05) is 0 Å². The molecular formula is C13H25NO2. The molecule has 0 amide bonds. The van der Waals surface area contributed by atoms with E-state index in [0.29, 0.717) is 6.10 Å². The van der Waals surface area contributed by atoms with Gasteiger partial charge in [0.15, 0.2) is 0 Å². The maximum absolute atomic E-state index is 10.4. The number of likely N-dealkylation sites (tertiary alicyclic amines) is 1. The van der Waals surface area contributed by atoms with Crippen molar-refractivity contribution in [3.63, 3.8) is 0 Å². The van der Waals surface area contributed by atoms with Gasteiger partial charge in [0, 0.05) is 19.7 Å². The Labute approximate surface area is 98.8 Å². The van der Waals surface area contributed by atoms with E-state index in [1.807, 2.05) is 0 Å². The van der Waals surface area contributed by atoms with Crippen molar-refractivity contribution in [1.29, 1.82) is 0 Å². The van der Waals surface area contributed by atoms with Crippen molar-refractivity contribution < 1.29 is 9.84 Å². The molecule has 2 rings (SSSR count). The van der Waals surface area contributed by atoms with Crippen LogP contribution in [0.1, 0.15) is 44.9 Å². The van der Waals surface area contributed by atoms with Crippen LogP contribution >= 0.6 is 0 Å². The summed E-state index contributed by atoms with van der Waals surface area (Å²) in [5, 5.41) is 10.4. The monoisotopic (exact) mass is 227 g/mol. The largest absolute Gasteiger partial charge is 0.390 e. The Bertz CT molecular complexity index is 206. The van der Waals surface area contributed by atoms with Crippen LogP contribution in [0.2, 0.25) is 0 Å². The maximum Gasteiger partial charge on any atom is 0.0672 e. The first-order valence-corrected chi connectivity index (χ1v) is 6.70. The van der Waals surface area contributed by atoms with E-state index in [2.05, 4.69) is 11.9 Å². The number of hydrogen-bond acceptors (Lipinski definition) is 3. The third-order valence-electron chi connectivity index (χ3n) is 4.11. The Morgan fingerprint density at radius 1 is 1.38 bits per heavy atom. The zero-order valence-electron chi connectivity index (χ0n) is 10.5. The first-order valence-electron chi connectivity index (χ1n) is 6.70. The van der Waals surface area contributed by atoms with Crippen molar-refractivity contribution >= 4 is 0 Å². The number of aliphatic hydroxyl groups is 1. The molecule has 3 nitrogen and oxygen atoms in total. The van der Waals surface area contributed by atoms with Crippen LogP contribution in [0.4, 0.5) is 0 Å². The van der Waals surface area contributed by atoms with Crippen LogP contribution in [-0.2, 0) is 4.74 Å². The molecule has 0 radical (unpaired) electrons. The molecule has 2 saturated heterocycles. The molecule has 16 heavy (non-hydrogen) atoms. The van der Waals surface area contributed by atoms with E-state index >= 15 is 0 Å². The molecular weight excluding hydrogens is 202 g/mol. The van der Waals surface area contributed by atoms with Gasteiger partial charge in [-0.05, 0) is 52.0 Å². The molecule has 2 fully saturated rings. The highest BCUT2D eigenvalue weighted by atomic mass is 16.5. The normalized spacial score (nSPS) is 30.8. The van der Waals surface area contributed by atoms with E-state index in [-0.39, 0.29) is 5.60 Å². The van der Waals surface area contributed by atoms with Gasteiger partial charge in [0.05, 0.1) is 11.7 Å². The highest BCUT2D eigenvalue weighted by Gasteiger charge is 2.30. The summed E-state index contributed by atoms with van der Waals surface area (Å²) >= 11 is 0. The molecule has 2 aliphatic rings. The second-order valence-corrected chi connectivity index (χ2v) is 5.55. The lowest BCUT2D eigenvalue weighted by Crippen LogP contribution is -2.42. The maximum atomic E-state index is 10.4. The molecule has 0 bridgehead atoms. The Morgan fingerprint density at radius 2 is 2.12 bits per heavy atom. The van der Waals surface area contributed by atoms with Gasteiger partial charge in [-0.25, -0.2) is 0 Å². The van der Waals surface area contributed by atoms with Crippen molar-refractivity contribution in [2.75, 3.05) is 26.7 Å². The van der Waals surface area contributed by atoms with E-state index in [9.17, 15) is 5.11 Å². The summed E-state index contributed by atoms with van der Waals surface area (Å²) in [4.78, 5) is 2.30. The van der Waals surface area contributed by atoms with Gasteiger partial charge < -0.3 is 14.7 Å². The minimum Gasteiger partial charge on any atom is -0.390 e. The highest BCUT2D eigenvalue weighted by molar-refractivity contribution is 4.85. The summed E-state index contributed by atoms with van der Waals surface area (Å²) in [5.41, 5.74) is -0.384. The van der Waals surface area contributed by atoms with Gasteiger partial charge in [-0.2, -0.15) is 0 Å². The summed E-state index contributed by atoms with van der Waals surface area (Å²) in [6, 6.07) is 0. The van der Waals surface area contributed by atoms with Crippen LogP contribution in [0.3, 0.4) is 0 Å². The number of hydrogen-bond donors (Lipinski definition) is 1. The third kappa shape index (κ3) is 3.44. The van der Waals surface area contributed by atoms with Crippen molar-refractivity contribution in [2.45, 2.75) is 56.7 Å². The molecule has 2 aliphatic heterocycles. The average molecular weight is 227 g/mol. The van der Waals surface area contributed by atoms with E-state index in [4.69, 9.17) is 4.74 Å². The second kappa shape index (κ2) is 5.48. The highest BCUT2D eigenvalue weighted by Crippen LogP contribution is 2.28. The number of nitrogens with zero attached hydrogens (tertiary/aromatic N) is 1. The number of rotatable bonds is 4. The second-order valence-electron chi connectivity index (χ2n) is 5.55. The molecule has 0 aliphatic carbocycles.